The van der Waals surface area contributed by atoms with Gasteiger partial charge in [0.2, 0.25) is 5.91 Å². The van der Waals surface area contributed by atoms with Gasteiger partial charge in [0.15, 0.2) is 0 Å². The zero-order chi connectivity index (χ0) is 23.7. The van der Waals surface area contributed by atoms with E-state index in [-0.39, 0.29) is 30.9 Å². The first-order valence-electron chi connectivity index (χ1n) is 12.1. The largest absolute Gasteiger partial charge is 0.481 e. The number of aliphatic carboxylic acids is 1. The molecule has 2 aliphatic carbocycles. The third-order valence-corrected chi connectivity index (χ3v) is 7.27. The van der Waals surface area contributed by atoms with E-state index in [0.29, 0.717) is 25.3 Å². The van der Waals surface area contributed by atoms with Gasteiger partial charge in [-0.15, -0.1) is 0 Å². The number of hydrogen-bond donors (Lipinski definition) is 2. The fourth-order valence-electron chi connectivity index (χ4n) is 5.43. The van der Waals surface area contributed by atoms with E-state index in [9.17, 15) is 19.5 Å². The van der Waals surface area contributed by atoms with Crippen LogP contribution in [-0.2, 0) is 14.3 Å². The zero-order valence-electron chi connectivity index (χ0n) is 19.1. The predicted octanol–water partition coefficient (Wildman–Crippen LogP) is 4.16. The van der Waals surface area contributed by atoms with Crippen molar-refractivity contribution in [2.24, 2.45) is 5.92 Å². The Morgan fingerprint density at radius 2 is 1.65 bits per heavy atom. The summed E-state index contributed by atoms with van der Waals surface area (Å²) in [5, 5.41) is 12.0. The van der Waals surface area contributed by atoms with Crippen LogP contribution in [0.2, 0.25) is 0 Å². The average Bonchev–Trinajstić information content (AvgIpc) is 3.43. The van der Waals surface area contributed by atoms with Crippen molar-refractivity contribution < 1.29 is 24.2 Å². The highest BCUT2D eigenvalue weighted by Crippen LogP contribution is 2.44. The van der Waals surface area contributed by atoms with E-state index in [4.69, 9.17) is 4.74 Å². The van der Waals surface area contributed by atoms with Gasteiger partial charge in [-0.3, -0.25) is 9.59 Å². The second kappa shape index (κ2) is 9.49. The number of likely N-dealkylation sites (tertiary alicyclic amines) is 1. The summed E-state index contributed by atoms with van der Waals surface area (Å²) in [4.78, 5) is 39.0. The Hall–Kier alpha value is -3.35. The molecule has 3 aliphatic rings. The molecule has 7 nitrogen and oxygen atoms in total. The van der Waals surface area contributed by atoms with Crippen LogP contribution in [0, 0.1) is 5.92 Å². The molecule has 2 N–H and O–H groups in total. The lowest BCUT2D eigenvalue weighted by Crippen LogP contribution is -2.50. The number of benzene rings is 2. The number of hydrogen-bond acceptors (Lipinski definition) is 4. The molecule has 5 rings (SSSR count). The minimum Gasteiger partial charge on any atom is -0.481 e. The zero-order valence-corrected chi connectivity index (χ0v) is 19.1. The maximum Gasteiger partial charge on any atom is 0.407 e. The quantitative estimate of drug-likeness (QED) is 0.614. The van der Waals surface area contributed by atoms with Crippen LogP contribution < -0.4 is 5.32 Å². The number of nitrogens with one attached hydrogen (secondary N) is 1. The van der Waals surface area contributed by atoms with Crippen molar-refractivity contribution in [3.63, 3.8) is 0 Å². The van der Waals surface area contributed by atoms with E-state index in [1.54, 1.807) is 4.90 Å². The second-order valence-corrected chi connectivity index (χ2v) is 9.63. The summed E-state index contributed by atoms with van der Waals surface area (Å²) in [6.07, 6.45) is 3.47. The summed E-state index contributed by atoms with van der Waals surface area (Å²) < 4.78 is 5.66. The van der Waals surface area contributed by atoms with Crippen LogP contribution in [0.4, 0.5) is 4.79 Å². The summed E-state index contributed by atoms with van der Waals surface area (Å²) in [6.45, 7) is 0.722. The van der Waals surface area contributed by atoms with Gasteiger partial charge >= 0.3 is 12.1 Å². The smallest absolute Gasteiger partial charge is 0.407 e. The van der Waals surface area contributed by atoms with Crippen molar-refractivity contribution in [3.05, 3.63) is 59.7 Å². The second-order valence-electron chi connectivity index (χ2n) is 9.63. The number of carbonyl (C=O) groups is 3. The molecule has 1 heterocycles. The third-order valence-electron chi connectivity index (χ3n) is 7.27. The summed E-state index contributed by atoms with van der Waals surface area (Å²) >= 11 is 0. The van der Waals surface area contributed by atoms with Crippen molar-refractivity contribution in [1.82, 2.24) is 10.2 Å². The van der Waals surface area contributed by atoms with Crippen LogP contribution >= 0.6 is 0 Å². The van der Waals surface area contributed by atoms with Gasteiger partial charge in [-0.05, 0) is 47.4 Å². The first-order chi connectivity index (χ1) is 16.5. The fraction of sp³-hybridized carbons (Fsp3) is 0.444. The number of carboxylic acid groups (broad SMARTS) is 1. The Morgan fingerprint density at radius 3 is 2.26 bits per heavy atom. The maximum atomic E-state index is 13.3. The highest BCUT2D eigenvalue weighted by Gasteiger charge is 2.38. The van der Waals surface area contributed by atoms with Crippen molar-refractivity contribution in [2.75, 3.05) is 13.2 Å². The SMILES string of the molecule is O=C(O)C[C@H]1CCCN1C(=O)[C@H](CC1CC1)NC(=O)OCC1c2ccccc2-c2ccccc21. The highest BCUT2D eigenvalue weighted by atomic mass is 16.5. The van der Waals surface area contributed by atoms with Gasteiger partial charge in [-0.2, -0.15) is 0 Å². The molecule has 1 saturated heterocycles. The van der Waals surface area contributed by atoms with E-state index < -0.39 is 18.1 Å². The van der Waals surface area contributed by atoms with Crippen molar-refractivity contribution in [2.45, 2.75) is 56.5 Å². The van der Waals surface area contributed by atoms with Gasteiger partial charge in [-0.1, -0.05) is 61.4 Å². The van der Waals surface area contributed by atoms with E-state index in [2.05, 4.69) is 29.6 Å². The van der Waals surface area contributed by atoms with Gasteiger partial charge in [0, 0.05) is 18.5 Å². The van der Waals surface area contributed by atoms with Crippen LogP contribution in [0.1, 0.15) is 55.6 Å². The summed E-state index contributed by atoms with van der Waals surface area (Å²) in [7, 11) is 0. The lowest BCUT2D eigenvalue weighted by Gasteiger charge is -2.28. The molecule has 2 atom stereocenters. The van der Waals surface area contributed by atoms with Crippen LogP contribution in [0.5, 0.6) is 0 Å². The van der Waals surface area contributed by atoms with E-state index in [1.165, 1.54) is 0 Å². The molecule has 0 unspecified atom stereocenters. The number of alkyl carbamates (subject to hydrolysis) is 1. The van der Waals surface area contributed by atoms with E-state index >= 15 is 0 Å². The summed E-state index contributed by atoms with van der Waals surface area (Å²) in [6, 6.07) is 15.3. The fourth-order valence-corrected chi connectivity index (χ4v) is 5.43. The lowest BCUT2D eigenvalue weighted by atomic mass is 9.98. The molecule has 2 aromatic carbocycles. The number of nitrogens with zero attached hydrogens (tertiary/aromatic N) is 1. The Labute approximate surface area is 199 Å². The molecular weight excluding hydrogens is 432 g/mol. The molecule has 7 heteroatoms. The Kier molecular flexibility index (Phi) is 6.26. The molecule has 0 spiro atoms. The van der Waals surface area contributed by atoms with Crippen molar-refractivity contribution >= 4 is 18.0 Å². The predicted molar refractivity (Wildman–Crippen MR) is 126 cm³/mol. The third kappa shape index (κ3) is 4.65. The first kappa shape index (κ1) is 22.4. The molecule has 0 bridgehead atoms. The lowest BCUT2D eigenvalue weighted by molar-refractivity contribution is -0.140. The van der Waals surface area contributed by atoms with Crippen LogP contribution in [0.3, 0.4) is 0 Å². The molecule has 0 aromatic heterocycles. The highest BCUT2D eigenvalue weighted by molar-refractivity contribution is 5.87. The van der Waals surface area contributed by atoms with Crippen LogP contribution in [0.25, 0.3) is 11.1 Å². The number of ether oxygens (including phenoxy) is 1. The van der Waals surface area contributed by atoms with Gasteiger partial charge in [-0.25, -0.2) is 4.79 Å². The Morgan fingerprint density at radius 1 is 1.00 bits per heavy atom. The molecule has 1 aliphatic heterocycles. The molecule has 2 amide bonds. The number of amides is 2. The summed E-state index contributed by atoms with van der Waals surface area (Å²) in [5.74, 6) is -0.727. The van der Waals surface area contributed by atoms with Crippen LogP contribution in [0.15, 0.2) is 48.5 Å². The molecular formula is C27H30N2O5. The molecule has 2 aromatic rings. The number of carboxylic acids is 1. The molecule has 1 saturated carbocycles. The Bertz CT molecular complexity index is 1050. The van der Waals surface area contributed by atoms with Gasteiger partial charge in [0.1, 0.15) is 12.6 Å². The number of carbonyl (C=O) groups excluding carboxylic acids is 2. The molecule has 178 valence electrons. The van der Waals surface area contributed by atoms with Crippen molar-refractivity contribution in [3.8, 4) is 11.1 Å². The molecule has 2 fully saturated rings. The van der Waals surface area contributed by atoms with E-state index in [1.807, 2.05) is 24.3 Å². The maximum absolute atomic E-state index is 13.3. The molecule has 0 radical (unpaired) electrons. The Balaban J connectivity index is 1.25. The van der Waals surface area contributed by atoms with Crippen LogP contribution in [-0.4, -0.2) is 53.2 Å². The summed E-state index contributed by atoms with van der Waals surface area (Å²) in [5.41, 5.74) is 4.59. The number of fused-ring (bicyclic) bond motifs is 3. The average molecular weight is 463 g/mol. The van der Waals surface area contributed by atoms with Crippen molar-refractivity contribution in [1.29, 1.82) is 0 Å². The van der Waals surface area contributed by atoms with Gasteiger partial charge < -0.3 is 20.1 Å². The monoisotopic (exact) mass is 462 g/mol. The van der Waals surface area contributed by atoms with E-state index in [0.717, 1.165) is 41.5 Å². The first-order valence-corrected chi connectivity index (χ1v) is 12.1. The number of rotatable bonds is 8. The standard InChI is InChI=1S/C27H30N2O5/c30-25(31)15-18-6-5-13-29(18)26(32)24(14-17-11-12-17)28-27(33)34-16-23-21-9-3-1-7-19(21)20-8-2-4-10-22(20)23/h1-4,7-10,17-18,23-24H,5-6,11-16H2,(H,28,33)(H,30,31)/t18-,24+/m1/s1. The van der Waals surface area contributed by atoms with Gasteiger partial charge in [0.05, 0.1) is 6.42 Å². The van der Waals surface area contributed by atoms with Gasteiger partial charge in [0.25, 0.3) is 0 Å². The molecule has 34 heavy (non-hydrogen) atoms. The normalized spacial score (nSPS) is 19.9. The topological polar surface area (TPSA) is 95.9 Å². The minimum atomic E-state index is -0.909. The minimum absolute atomic E-state index is 0.0470.